The van der Waals surface area contributed by atoms with E-state index in [9.17, 15) is 9.90 Å². The minimum absolute atomic E-state index is 0.00914. The van der Waals surface area contributed by atoms with Crippen LogP contribution in [0.3, 0.4) is 0 Å². The number of hydrogen-bond acceptors (Lipinski definition) is 5. The number of methoxy groups -OCH3 is 1. The second-order valence-electron chi connectivity index (χ2n) is 4.55. The van der Waals surface area contributed by atoms with Crippen molar-refractivity contribution in [2.75, 3.05) is 20.3 Å². The largest absolute Gasteiger partial charge is 0.492 e. The molecule has 1 saturated heterocycles. The number of aliphatic hydroxyl groups is 1. The number of hydrogen-bond donors (Lipinski definition) is 2. The number of aliphatic carboxylic acids is 1. The highest BCUT2D eigenvalue weighted by molar-refractivity contribution is 5.75. The van der Waals surface area contributed by atoms with Gasteiger partial charge < -0.3 is 24.4 Å². The van der Waals surface area contributed by atoms with E-state index in [1.165, 1.54) is 13.2 Å². The van der Waals surface area contributed by atoms with Crippen molar-refractivity contribution in [3.05, 3.63) is 23.8 Å². The Morgan fingerprint density at radius 2 is 2.10 bits per heavy atom. The van der Waals surface area contributed by atoms with Crippen LogP contribution in [0.5, 0.6) is 11.5 Å². The Labute approximate surface area is 116 Å². The molecule has 20 heavy (non-hydrogen) atoms. The van der Waals surface area contributed by atoms with Gasteiger partial charge in [0, 0.05) is 18.4 Å². The van der Waals surface area contributed by atoms with Crippen LogP contribution in [0, 0.1) is 0 Å². The molecule has 6 nitrogen and oxygen atoms in total. The molecule has 1 fully saturated rings. The predicted octanol–water partition coefficient (Wildman–Crippen LogP) is 1.37. The van der Waals surface area contributed by atoms with Gasteiger partial charge >= 0.3 is 5.97 Å². The van der Waals surface area contributed by atoms with Crippen LogP contribution in [0.25, 0.3) is 0 Å². The molecule has 1 aliphatic heterocycles. The van der Waals surface area contributed by atoms with Gasteiger partial charge in [0.05, 0.1) is 20.3 Å². The van der Waals surface area contributed by atoms with Gasteiger partial charge in [0.15, 0.2) is 17.6 Å². The fourth-order valence-corrected chi connectivity index (χ4v) is 2.17. The average molecular weight is 282 g/mol. The third-order valence-electron chi connectivity index (χ3n) is 3.20. The SMILES string of the molecule is COc1c(OC2CCOCC2)cccc1C(O)C(=O)O. The highest BCUT2D eigenvalue weighted by Gasteiger charge is 2.24. The van der Waals surface area contributed by atoms with Crippen molar-refractivity contribution in [1.82, 2.24) is 0 Å². The molecule has 1 atom stereocenters. The Bertz CT molecular complexity index is 467. The van der Waals surface area contributed by atoms with Gasteiger partial charge in [-0.3, -0.25) is 0 Å². The summed E-state index contributed by atoms with van der Waals surface area (Å²) in [4.78, 5) is 10.9. The van der Waals surface area contributed by atoms with E-state index in [2.05, 4.69) is 0 Å². The van der Waals surface area contributed by atoms with Crippen LogP contribution in [-0.4, -0.2) is 42.6 Å². The summed E-state index contributed by atoms with van der Waals surface area (Å²) >= 11 is 0. The van der Waals surface area contributed by atoms with Crippen molar-refractivity contribution < 1.29 is 29.2 Å². The first-order valence-corrected chi connectivity index (χ1v) is 6.45. The van der Waals surface area contributed by atoms with Gasteiger partial charge in [-0.1, -0.05) is 12.1 Å². The van der Waals surface area contributed by atoms with Crippen molar-refractivity contribution in [2.24, 2.45) is 0 Å². The molecule has 1 heterocycles. The summed E-state index contributed by atoms with van der Waals surface area (Å²) in [5.41, 5.74) is 0.185. The summed E-state index contributed by atoms with van der Waals surface area (Å²) < 4.78 is 16.3. The lowest BCUT2D eigenvalue weighted by atomic mass is 10.1. The maximum atomic E-state index is 10.9. The van der Waals surface area contributed by atoms with Crippen LogP contribution in [0.2, 0.25) is 0 Å². The van der Waals surface area contributed by atoms with E-state index in [-0.39, 0.29) is 17.4 Å². The Kier molecular flexibility index (Phi) is 4.81. The van der Waals surface area contributed by atoms with Crippen LogP contribution in [0.15, 0.2) is 18.2 Å². The predicted molar refractivity (Wildman–Crippen MR) is 70.1 cm³/mol. The topological polar surface area (TPSA) is 85.2 Å². The van der Waals surface area contributed by atoms with Crippen LogP contribution < -0.4 is 9.47 Å². The summed E-state index contributed by atoms with van der Waals surface area (Å²) in [5.74, 6) is -0.627. The highest BCUT2D eigenvalue weighted by Crippen LogP contribution is 2.36. The first-order valence-electron chi connectivity index (χ1n) is 6.45. The number of benzene rings is 1. The molecular formula is C14H18O6. The molecular weight excluding hydrogens is 264 g/mol. The van der Waals surface area contributed by atoms with Gasteiger partial charge in [-0.15, -0.1) is 0 Å². The summed E-state index contributed by atoms with van der Waals surface area (Å²) in [6.07, 6.45) is -0.0814. The second-order valence-corrected chi connectivity index (χ2v) is 4.55. The van der Waals surface area contributed by atoms with E-state index in [4.69, 9.17) is 19.3 Å². The van der Waals surface area contributed by atoms with E-state index in [0.29, 0.717) is 19.0 Å². The summed E-state index contributed by atoms with van der Waals surface area (Å²) in [6.45, 7) is 1.29. The lowest BCUT2D eigenvalue weighted by Crippen LogP contribution is -2.26. The number of rotatable bonds is 5. The molecule has 1 aliphatic rings. The van der Waals surface area contributed by atoms with Gasteiger partial charge in [-0.25, -0.2) is 4.79 Å². The van der Waals surface area contributed by atoms with Crippen molar-refractivity contribution in [3.63, 3.8) is 0 Å². The van der Waals surface area contributed by atoms with E-state index < -0.39 is 12.1 Å². The molecule has 0 amide bonds. The van der Waals surface area contributed by atoms with Crippen molar-refractivity contribution >= 4 is 5.97 Å². The molecule has 0 aromatic heterocycles. The molecule has 0 bridgehead atoms. The average Bonchev–Trinajstić information content (AvgIpc) is 2.47. The van der Waals surface area contributed by atoms with Gasteiger partial charge in [0.2, 0.25) is 0 Å². The standard InChI is InChI=1S/C14H18O6/c1-18-13-10(12(15)14(16)17)3-2-4-11(13)20-9-5-7-19-8-6-9/h2-4,9,12,15H,5-8H2,1H3,(H,16,17). The Hall–Kier alpha value is -1.79. The molecule has 1 unspecified atom stereocenters. The molecule has 0 saturated carbocycles. The Balaban J connectivity index is 2.23. The van der Waals surface area contributed by atoms with Gasteiger partial charge in [-0.2, -0.15) is 0 Å². The van der Waals surface area contributed by atoms with Gasteiger partial charge in [-0.05, 0) is 6.07 Å². The van der Waals surface area contributed by atoms with Gasteiger partial charge in [0.1, 0.15) is 6.10 Å². The minimum Gasteiger partial charge on any atom is -0.492 e. The van der Waals surface area contributed by atoms with E-state index >= 15 is 0 Å². The Morgan fingerprint density at radius 3 is 2.70 bits per heavy atom. The first kappa shape index (κ1) is 14.6. The fourth-order valence-electron chi connectivity index (χ4n) is 2.17. The number of ether oxygens (including phenoxy) is 3. The third-order valence-corrected chi connectivity index (χ3v) is 3.20. The van der Waals surface area contributed by atoms with E-state index in [1.54, 1.807) is 12.1 Å². The number of carboxylic acid groups (broad SMARTS) is 1. The lowest BCUT2D eigenvalue weighted by Gasteiger charge is -2.25. The second kappa shape index (κ2) is 6.58. The van der Waals surface area contributed by atoms with Crippen LogP contribution in [-0.2, 0) is 9.53 Å². The zero-order chi connectivity index (χ0) is 14.5. The van der Waals surface area contributed by atoms with Crippen molar-refractivity contribution in [1.29, 1.82) is 0 Å². The van der Waals surface area contributed by atoms with Gasteiger partial charge in [0.25, 0.3) is 0 Å². The molecule has 110 valence electrons. The smallest absolute Gasteiger partial charge is 0.337 e. The van der Waals surface area contributed by atoms with Crippen LogP contribution in [0.4, 0.5) is 0 Å². The highest BCUT2D eigenvalue weighted by atomic mass is 16.5. The minimum atomic E-state index is -1.64. The molecule has 2 N–H and O–H groups in total. The van der Waals surface area contributed by atoms with Crippen LogP contribution >= 0.6 is 0 Å². The van der Waals surface area contributed by atoms with Crippen molar-refractivity contribution in [3.8, 4) is 11.5 Å². The maximum Gasteiger partial charge on any atom is 0.337 e. The van der Waals surface area contributed by atoms with E-state index in [1.807, 2.05) is 0 Å². The lowest BCUT2D eigenvalue weighted by molar-refractivity contribution is -0.147. The molecule has 1 aromatic rings. The molecule has 0 spiro atoms. The monoisotopic (exact) mass is 282 g/mol. The number of para-hydroxylation sites is 1. The molecule has 1 aromatic carbocycles. The third kappa shape index (κ3) is 3.20. The fraction of sp³-hybridized carbons (Fsp3) is 0.500. The maximum absolute atomic E-state index is 10.9. The molecule has 0 radical (unpaired) electrons. The normalized spacial score (nSPS) is 17.5. The summed E-state index contributed by atoms with van der Waals surface area (Å²) in [7, 11) is 1.42. The number of aliphatic hydroxyl groups excluding tert-OH is 1. The first-order chi connectivity index (χ1) is 9.63. The summed E-state index contributed by atoms with van der Waals surface area (Å²) in [6, 6.07) is 4.85. The molecule has 0 aliphatic carbocycles. The van der Waals surface area contributed by atoms with Crippen molar-refractivity contribution in [2.45, 2.75) is 25.0 Å². The molecule has 2 rings (SSSR count). The van der Waals surface area contributed by atoms with Crippen LogP contribution in [0.1, 0.15) is 24.5 Å². The number of carbonyl (C=O) groups is 1. The zero-order valence-electron chi connectivity index (χ0n) is 11.2. The zero-order valence-corrected chi connectivity index (χ0v) is 11.2. The Morgan fingerprint density at radius 1 is 1.40 bits per heavy atom. The number of carboxylic acids is 1. The summed E-state index contributed by atoms with van der Waals surface area (Å²) in [5, 5.41) is 18.6. The quantitative estimate of drug-likeness (QED) is 0.848. The molecule has 6 heteroatoms. The van der Waals surface area contributed by atoms with E-state index in [0.717, 1.165) is 12.8 Å².